The van der Waals surface area contributed by atoms with Gasteiger partial charge in [-0.3, -0.25) is 0 Å². The third-order valence-electron chi connectivity index (χ3n) is 2.00. The monoisotopic (exact) mass is 241 g/mol. The second-order valence-electron chi connectivity index (χ2n) is 4.75. The van der Waals surface area contributed by atoms with E-state index in [0.717, 1.165) is 23.5 Å². The summed E-state index contributed by atoms with van der Waals surface area (Å²) in [6.45, 7) is 10.2. The fourth-order valence-electron chi connectivity index (χ4n) is 1.38. The Hall–Kier alpha value is -0.540. The molecule has 0 fully saturated rings. The molecule has 0 amide bonds. The summed E-state index contributed by atoms with van der Waals surface area (Å²) in [4.78, 5) is 1.16. The lowest BCUT2D eigenvalue weighted by Crippen LogP contribution is -2.14. The summed E-state index contributed by atoms with van der Waals surface area (Å²) in [5.41, 5.74) is 1.04. The van der Waals surface area contributed by atoms with Crippen molar-refractivity contribution >= 4 is 11.8 Å². The summed E-state index contributed by atoms with van der Waals surface area (Å²) in [7, 11) is 0. The Balaban J connectivity index is 2.89. The van der Waals surface area contributed by atoms with Gasteiger partial charge in [0.2, 0.25) is 0 Å². The largest absolute Gasteiger partial charge is 0.313 e. The molecule has 90 valence electrons. The lowest BCUT2D eigenvalue weighted by molar-refractivity contribution is 0.618. The van der Waals surface area contributed by atoms with E-state index in [2.05, 4.69) is 33.0 Å². The van der Waals surface area contributed by atoms with Crippen LogP contribution < -0.4 is 5.32 Å². The molecule has 0 aliphatic heterocycles. The van der Waals surface area contributed by atoms with E-state index in [0.29, 0.717) is 0 Å². The van der Waals surface area contributed by atoms with Crippen LogP contribution in [-0.2, 0) is 6.54 Å². The van der Waals surface area contributed by atoms with E-state index < -0.39 is 0 Å². The minimum Gasteiger partial charge on any atom is -0.313 e. The third kappa shape index (κ3) is 4.54. The minimum atomic E-state index is -0.161. The summed E-state index contributed by atoms with van der Waals surface area (Å²) in [5, 5.41) is 3.24. The van der Waals surface area contributed by atoms with Gasteiger partial charge in [0.05, 0.1) is 0 Å². The highest BCUT2D eigenvalue weighted by atomic mass is 32.2. The van der Waals surface area contributed by atoms with Crippen molar-refractivity contribution in [3.63, 3.8) is 0 Å². The standard InChI is InChI=1S/C13H20FNS/c1-5-15-9-10-8-11(14)6-7-12(10)16-13(2,3)4/h6-8,15H,5,9H2,1-4H3. The van der Waals surface area contributed by atoms with Gasteiger partial charge in [0.1, 0.15) is 5.82 Å². The van der Waals surface area contributed by atoms with Crippen LogP contribution in [0.3, 0.4) is 0 Å². The highest BCUT2D eigenvalue weighted by molar-refractivity contribution is 8.00. The van der Waals surface area contributed by atoms with E-state index in [-0.39, 0.29) is 10.6 Å². The predicted octanol–water partition coefficient (Wildman–Crippen LogP) is 3.83. The van der Waals surface area contributed by atoms with Gasteiger partial charge in [0.25, 0.3) is 0 Å². The van der Waals surface area contributed by atoms with E-state index in [1.54, 1.807) is 17.8 Å². The average Bonchev–Trinajstić information content (AvgIpc) is 2.16. The molecule has 0 radical (unpaired) electrons. The molecule has 0 bridgehead atoms. The van der Waals surface area contributed by atoms with E-state index in [1.807, 2.05) is 6.07 Å². The summed E-state index contributed by atoms with van der Waals surface area (Å²) in [5.74, 6) is -0.161. The SMILES string of the molecule is CCNCc1cc(F)ccc1SC(C)(C)C. The molecule has 0 saturated heterocycles. The van der Waals surface area contributed by atoms with Crippen molar-refractivity contribution in [3.8, 4) is 0 Å². The van der Waals surface area contributed by atoms with E-state index in [4.69, 9.17) is 0 Å². The zero-order valence-corrected chi connectivity index (χ0v) is 11.2. The van der Waals surface area contributed by atoms with Crippen molar-refractivity contribution in [2.45, 2.75) is 43.9 Å². The van der Waals surface area contributed by atoms with Crippen molar-refractivity contribution in [2.75, 3.05) is 6.54 Å². The normalized spacial score (nSPS) is 11.8. The van der Waals surface area contributed by atoms with Crippen molar-refractivity contribution in [3.05, 3.63) is 29.6 Å². The molecule has 1 aromatic carbocycles. The molecule has 16 heavy (non-hydrogen) atoms. The van der Waals surface area contributed by atoms with Gasteiger partial charge < -0.3 is 5.32 Å². The Morgan fingerprint density at radius 3 is 2.56 bits per heavy atom. The number of rotatable bonds is 4. The Morgan fingerprint density at radius 1 is 1.31 bits per heavy atom. The topological polar surface area (TPSA) is 12.0 Å². The van der Waals surface area contributed by atoms with Gasteiger partial charge in [-0.2, -0.15) is 0 Å². The van der Waals surface area contributed by atoms with Gasteiger partial charge in [-0.25, -0.2) is 4.39 Å². The molecule has 0 saturated carbocycles. The molecule has 0 atom stereocenters. The first-order chi connectivity index (χ1) is 7.42. The molecule has 0 aliphatic rings. The summed E-state index contributed by atoms with van der Waals surface area (Å²) < 4.78 is 13.3. The lowest BCUT2D eigenvalue weighted by Gasteiger charge is -2.20. The molecule has 1 N–H and O–H groups in total. The molecule has 0 unspecified atom stereocenters. The first kappa shape index (κ1) is 13.5. The van der Waals surface area contributed by atoms with Crippen LogP contribution in [0.5, 0.6) is 0 Å². The number of hydrogen-bond donors (Lipinski definition) is 1. The Labute approximate surface area is 102 Å². The second-order valence-corrected chi connectivity index (χ2v) is 6.62. The summed E-state index contributed by atoms with van der Waals surface area (Å²) >= 11 is 1.78. The van der Waals surface area contributed by atoms with Crippen LogP contribution in [0.4, 0.5) is 4.39 Å². The van der Waals surface area contributed by atoms with Crippen molar-refractivity contribution < 1.29 is 4.39 Å². The highest BCUT2D eigenvalue weighted by Gasteiger charge is 2.14. The molecule has 0 aromatic heterocycles. The number of benzene rings is 1. The van der Waals surface area contributed by atoms with Crippen LogP contribution in [0.25, 0.3) is 0 Å². The Bertz CT molecular complexity index is 344. The third-order valence-corrected chi connectivity index (χ3v) is 3.23. The maximum atomic E-state index is 13.2. The number of halogens is 1. The maximum Gasteiger partial charge on any atom is 0.123 e. The fourth-order valence-corrected chi connectivity index (χ4v) is 2.43. The van der Waals surface area contributed by atoms with Gasteiger partial charge in [-0.05, 0) is 30.3 Å². The lowest BCUT2D eigenvalue weighted by atomic mass is 10.2. The second kappa shape index (κ2) is 5.69. The summed E-state index contributed by atoms with van der Waals surface area (Å²) in [6.07, 6.45) is 0. The van der Waals surface area contributed by atoms with Gasteiger partial charge in [0.15, 0.2) is 0 Å². The molecule has 1 aromatic rings. The maximum absolute atomic E-state index is 13.2. The molecule has 0 heterocycles. The fraction of sp³-hybridized carbons (Fsp3) is 0.538. The van der Waals surface area contributed by atoms with Gasteiger partial charge in [-0.1, -0.05) is 27.7 Å². The predicted molar refractivity (Wildman–Crippen MR) is 69.4 cm³/mol. The molecular formula is C13H20FNS. The van der Waals surface area contributed by atoms with E-state index >= 15 is 0 Å². The van der Waals surface area contributed by atoms with Gasteiger partial charge in [-0.15, -0.1) is 11.8 Å². The van der Waals surface area contributed by atoms with E-state index in [9.17, 15) is 4.39 Å². The van der Waals surface area contributed by atoms with Crippen molar-refractivity contribution in [1.82, 2.24) is 5.32 Å². The first-order valence-corrected chi connectivity index (χ1v) is 6.42. The number of thioether (sulfide) groups is 1. The van der Waals surface area contributed by atoms with Crippen LogP contribution >= 0.6 is 11.8 Å². The number of hydrogen-bond acceptors (Lipinski definition) is 2. The van der Waals surface area contributed by atoms with E-state index in [1.165, 1.54) is 6.07 Å². The summed E-state index contributed by atoms with van der Waals surface area (Å²) in [6, 6.07) is 5.03. The molecule has 0 aliphatic carbocycles. The quantitative estimate of drug-likeness (QED) is 0.804. The van der Waals surface area contributed by atoms with Gasteiger partial charge in [0, 0.05) is 16.2 Å². The Morgan fingerprint density at radius 2 is 2.00 bits per heavy atom. The average molecular weight is 241 g/mol. The van der Waals surface area contributed by atoms with Crippen LogP contribution in [0.2, 0.25) is 0 Å². The van der Waals surface area contributed by atoms with Crippen molar-refractivity contribution in [1.29, 1.82) is 0 Å². The van der Waals surface area contributed by atoms with Crippen LogP contribution in [0, 0.1) is 5.82 Å². The smallest absolute Gasteiger partial charge is 0.123 e. The molecule has 3 heteroatoms. The highest BCUT2D eigenvalue weighted by Crippen LogP contribution is 2.34. The first-order valence-electron chi connectivity index (χ1n) is 5.60. The Kier molecular flexibility index (Phi) is 4.81. The van der Waals surface area contributed by atoms with Crippen molar-refractivity contribution in [2.24, 2.45) is 0 Å². The van der Waals surface area contributed by atoms with Crippen LogP contribution in [0.15, 0.2) is 23.1 Å². The van der Waals surface area contributed by atoms with Gasteiger partial charge >= 0.3 is 0 Å². The molecule has 1 nitrogen and oxygen atoms in total. The molecular weight excluding hydrogens is 221 g/mol. The van der Waals surface area contributed by atoms with Crippen LogP contribution in [0.1, 0.15) is 33.3 Å². The van der Waals surface area contributed by atoms with Crippen LogP contribution in [-0.4, -0.2) is 11.3 Å². The molecule has 0 spiro atoms. The molecule has 1 rings (SSSR count). The minimum absolute atomic E-state index is 0.152. The number of nitrogens with one attached hydrogen (secondary N) is 1. The zero-order chi connectivity index (χ0) is 12.2. The zero-order valence-electron chi connectivity index (χ0n) is 10.4.